The monoisotopic (exact) mass is 386 g/mol. The maximum Gasteiger partial charge on any atom is 0.268 e. The van der Waals surface area contributed by atoms with Crippen molar-refractivity contribution in [1.29, 1.82) is 0 Å². The van der Waals surface area contributed by atoms with E-state index < -0.39 is 38.8 Å². The smallest absolute Gasteiger partial charge is 0.268 e. The second-order valence-electron chi connectivity index (χ2n) is 7.83. The van der Waals surface area contributed by atoms with E-state index in [1.807, 2.05) is 0 Å². The summed E-state index contributed by atoms with van der Waals surface area (Å²) in [5.41, 5.74) is 0. The zero-order chi connectivity index (χ0) is 18.2. The fraction of sp³-hybridized carbons (Fsp3) is 1.00. The van der Waals surface area contributed by atoms with Gasteiger partial charge in [-0.2, -0.15) is 8.42 Å². The predicted molar refractivity (Wildman–Crippen MR) is 94.3 cm³/mol. The minimum absolute atomic E-state index is 0.0408. The highest BCUT2D eigenvalue weighted by molar-refractivity contribution is 7.95. The molecule has 0 spiro atoms. The molecule has 1 saturated carbocycles. The maximum atomic E-state index is 12.5. The van der Waals surface area contributed by atoms with Crippen molar-refractivity contribution in [2.45, 2.75) is 62.9 Å². The standard InChI is InChI=1S/C14H30O6S2Si/c1-13(2,3)23(5,6)20-10-7-11-21(15,16)14(8-9-14)12-22(17,18)19-4/h7-12H2,1-6H3. The van der Waals surface area contributed by atoms with Crippen LogP contribution in [0.15, 0.2) is 0 Å². The third kappa shape index (κ3) is 5.25. The Morgan fingerprint density at radius 2 is 1.61 bits per heavy atom. The van der Waals surface area contributed by atoms with Gasteiger partial charge in [0, 0.05) is 6.61 Å². The summed E-state index contributed by atoms with van der Waals surface area (Å²) in [4.78, 5) is 0. The zero-order valence-electron chi connectivity index (χ0n) is 15.0. The van der Waals surface area contributed by atoms with E-state index in [-0.39, 0.29) is 10.8 Å². The van der Waals surface area contributed by atoms with E-state index >= 15 is 0 Å². The summed E-state index contributed by atoms with van der Waals surface area (Å²) in [6.45, 7) is 11.0. The van der Waals surface area contributed by atoms with Gasteiger partial charge in [-0.1, -0.05) is 20.8 Å². The second kappa shape index (κ2) is 6.74. The van der Waals surface area contributed by atoms with Crippen LogP contribution in [0.1, 0.15) is 40.0 Å². The van der Waals surface area contributed by atoms with Crippen LogP contribution in [-0.4, -0.2) is 55.1 Å². The fourth-order valence-corrected chi connectivity index (χ4v) is 7.02. The van der Waals surface area contributed by atoms with Gasteiger partial charge in [0.15, 0.2) is 18.2 Å². The first-order chi connectivity index (χ1) is 10.2. The third-order valence-electron chi connectivity index (χ3n) is 4.99. The first-order valence-electron chi connectivity index (χ1n) is 7.83. The molecule has 0 aromatic carbocycles. The van der Waals surface area contributed by atoms with Gasteiger partial charge in [-0.05, 0) is 37.4 Å². The SMILES string of the molecule is COS(=O)(=O)CC1(S(=O)(=O)CCCO[Si](C)(C)C(C)(C)C)CC1. The number of rotatable bonds is 9. The molecule has 0 unspecified atom stereocenters. The van der Waals surface area contributed by atoms with Crippen LogP contribution in [0.4, 0.5) is 0 Å². The molecule has 1 fully saturated rings. The number of hydrogen-bond donors (Lipinski definition) is 0. The third-order valence-corrected chi connectivity index (χ3v) is 13.8. The Labute approximate surface area is 142 Å². The molecule has 0 amide bonds. The van der Waals surface area contributed by atoms with Crippen LogP contribution in [0.5, 0.6) is 0 Å². The lowest BCUT2D eigenvalue weighted by atomic mass is 10.2. The van der Waals surface area contributed by atoms with E-state index in [0.717, 1.165) is 7.11 Å². The molecule has 0 N–H and O–H groups in total. The lowest BCUT2D eigenvalue weighted by Crippen LogP contribution is -2.41. The lowest BCUT2D eigenvalue weighted by Gasteiger charge is -2.36. The summed E-state index contributed by atoms with van der Waals surface area (Å²) in [5.74, 6) is -0.483. The second-order valence-corrected chi connectivity index (χ2v) is 16.9. The first kappa shape index (κ1) is 21.1. The Morgan fingerprint density at radius 1 is 1.09 bits per heavy atom. The van der Waals surface area contributed by atoms with Crippen molar-refractivity contribution in [3.8, 4) is 0 Å². The summed E-state index contributed by atoms with van der Waals surface area (Å²) in [6.07, 6.45) is 1.17. The van der Waals surface area contributed by atoms with Crippen LogP contribution in [0, 0.1) is 0 Å². The highest BCUT2D eigenvalue weighted by atomic mass is 32.2. The zero-order valence-corrected chi connectivity index (χ0v) is 17.6. The van der Waals surface area contributed by atoms with Gasteiger partial charge >= 0.3 is 0 Å². The summed E-state index contributed by atoms with van der Waals surface area (Å²) >= 11 is 0. The van der Waals surface area contributed by atoms with Crippen molar-refractivity contribution in [1.82, 2.24) is 0 Å². The average molecular weight is 387 g/mol. The normalized spacial score (nSPS) is 18.9. The lowest BCUT2D eigenvalue weighted by molar-refractivity contribution is 0.288. The molecule has 138 valence electrons. The topological polar surface area (TPSA) is 86.7 Å². The Hall–Kier alpha value is 0.0369. The molecule has 0 radical (unpaired) electrons. The highest BCUT2D eigenvalue weighted by Gasteiger charge is 2.56. The molecule has 0 aromatic rings. The van der Waals surface area contributed by atoms with Crippen LogP contribution in [-0.2, 0) is 28.6 Å². The first-order valence-corrected chi connectivity index (χ1v) is 14.0. The van der Waals surface area contributed by atoms with Gasteiger partial charge < -0.3 is 4.43 Å². The molecule has 0 heterocycles. The molecule has 1 aliphatic rings. The van der Waals surface area contributed by atoms with Gasteiger partial charge in [0.05, 0.1) is 23.4 Å². The quantitative estimate of drug-likeness (QED) is 0.343. The van der Waals surface area contributed by atoms with E-state index in [9.17, 15) is 16.8 Å². The van der Waals surface area contributed by atoms with Gasteiger partial charge in [-0.25, -0.2) is 8.42 Å². The summed E-state index contributed by atoms with van der Waals surface area (Å²) < 4.78 is 57.3. The largest absolute Gasteiger partial charge is 0.417 e. The number of hydrogen-bond acceptors (Lipinski definition) is 6. The molecular weight excluding hydrogens is 356 g/mol. The highest BCUT2D eigenvalue weighted by Crippen LogP contribution is 2.45. The Kier molecular flexibility index (Phi) is 6.18. The van der Waals surface area contributed by atoms with Gasteiger partial charge in [0.25, 0.3) is 10.1 Å². The molecular formula is C14H30O6S2Si. The van der Waals surface area contributed by atoms with Crippen molar-refractivity contribution in [3.63, 3.8) is 0 Å². The minimum Gasteiger partial charge on any atom is -0.417 e. The van der Waals surface area contributed by atoms with Gasteiger partial charge in [0.2, 0.25) is 0 Å². The molecule has 9 heteroatoms. The number of sulfone groups is 1. The minimum atomic E-state index is -3.77. The van der Waals surface area contributed by atoms with Crippen LogP contribution >= 0.6 is 0 Å². The van der Waals surface area contributed by atoms with Crippen LogP contribution in [0.3, 0.4) is 0 Å². The molecule has 0 aromatic heterocycles. The molecule has 1 aliphatic carbocycles. The van der Waals surface area contributed by atoms with Gasteiger partial charge in [-0.15, -0.1) is 0 Å². The van der Waals surface area contributed by atoms with E-state index in [0.29, 0.717) is 25.9 Å². The van der Waals surface area contributed by atoms with E-state index in [1.165, 1.54) is 0 Å². The molecule has 6 nitrogen and oxygen atoms in total. The summed E-state index contributed by atoms with van der Waals surface area (Å²) in [7, 11) is -8.07. The van der Waals surface area contributed by atoms with Crippen molar-refractivity contribution in [2.75, 3.05) is 25.2 Å². The summed E-state index contributed by atoms with van der Waals surface area (Å²) in [5, 5.41) is 0.0795. The van der Waals surface area contributed by atoms with E-state index in [1.54, 1.807) is 0 Å². The Bertz CT molecular complexity index is 612. The summed E-state index contributed by atoms with van der Waals surface area (Å²) in [6, 6.07) is 0. The van der Waals surface area contributed by atoms with Crippen molar-refractivity contribution >= 4 is 28.3 Å². The molecule has 0 aliphatic heterocycles. The molecule has 1 rings (SSSR count). The molecule has 0 bridgehead atoms. The Morgan fingerprint density at radius 3 is 2.00 bits per heavy atom. The average Bonchev–Trinajstić information content (AvgIpc) is 3.14. The molecule has 23 heavy (non-hydrogen) atoms. The van der Waals surface area contributed by atoms with E-state index in [2.05, 4.69) is 38.0 Å². The van der Waals surface area contributed by atoms with Crippen LogP contribution in [0.25, 0.3) is 0 Å². The predicted octanol–water partition coefficient (Wildman–Crippen LogP) is 2.32. The van der Waals surface area contributed by atoms with Crippen molar-refractivity contribution in [3.05, 3.63) is 0 Å². The van der Waals surface area contributed by atoms with Crippen molar-refractivity contribution in [2.24, 2.45) is 0 Å². The maximum absolute atomic E-state index is 12.5. The van der Waals surface area contributed by atoms with E-state index in [4.69, 9.17) is 4.43 Å². The van der Waals surface area contributed by atoms with Gasteiger partial charge in [-0.3, -0.25) is 4.18 Å². The van der Waals surface area contributed by atoms with Gasteiger partial charge in [0.1, 0.15) is 0 Å². The van der Waals surface area contributed by atoms with Crippen LogP contribution in [0.2, 0.25) is 18.1 Å². The van der Waals surface area contributed by atoms with Crippen molar-refractivity contribution < 1.29 is 25.4 Å². The molecule has 0 saturated heterocycles. The van der Waals surface area contributed by atoms with Crippen LogP contribution < -0.4 is 0 Å². The molecule has 0 atom stereocenters. The fourth-order valence-electron chi connectivity index (χ4n) is 2.07. The Balaban J connectivity index is 2.58.